The Morgan fingerprint density at radius 2 is 2.00 bits per heavy atom. The van der Waals surface area contributed by atoms with Gasteiger partial charge in [-0.1, -0.05) is 12.1 Å². The van der Waals surface area contributed by atoms with Crippen LogP contribution in [0.15, 0.2) is 24.3 Å². The van der Waals surface area contributed by atoms with Gasteiger partial charge in [0.1, 0.15) is 5.75 Å². The van der Waals surface area contributed by atoms with Crippen LogP contribution in [0.3, 0.4) is 0 Å². The molecule has 1 N–H and O–H groups in total. The highest BCUT2D eigenvalue weighted by Gasteiger charge is 2.14. The third-order valence-electron chi connectivity index (χ3n) is 3.46. The number of hydrogen-bond acceptors (Lipinski definition) is 3. The summed E-state index contributed by atoms with van der Waals surface area (Å²) in [4.78, 5) is 14.2. The third-order valence-corrected chi connectivity index (χ3v) is 3.46. The van der Waals surface area contributed by atoms with Gasteiger partial charge in [0.25, 0.3) is 0 Å². The minimum atomic E-state index is 0.217. The van der Waals surface area contributed by atoms with Gasteiger partial charge in [-0.3, -0.25) is 4.79 Å². The molecule has 0 aromatic heterocycles. The standard InChI is InChI=1S/C15H22N2O2/c1-19-14-6-4-13(5-7-14)12-15(18)17-10-3-2-8-16-9-11-17/h4-7,16H,2-3,8-12H2,1H3. The van der Waals surface area contributed by atoms with Crippen molar-refractivity contribution in [2.75, 3.05) is 33.3 Å². The molecule has 0 aliphatic carbocycles. The second-order valence-corrected chi connectivity index (χ2v) is 4.86. The molecule has 0 spiro atoms. The SMILES string of the molecule is COc1ccc(CC(=O)N2CCCCNCC2)cc1. The molecule has 1 aromatic rings. The largest absolute Gasteiger partial charge is 0.497 e. The molecule has 1 aliphatic heterocycles. The maximum absolute atomic E-state index is 12.3. The summed E-state index contributed by atoms with van der Waals surface area (Å²) in [6.07, 6.45) is 2.71. The van der Waals surface area contributed by atoms with Gasteiger partial charge in [-0.15, -0.1) is 0 Å². The highest BCUT2D eigenvalue weighted by atomic mass is 16.5. The number of rotatable bonds is 3. The lowest BCUT2D eigenvalue weighted by molar-refractivity contribution is -0.130. The molecule has 1 fully saturated rings. The van der Waals surface area contributed by atoms with E-state index >= 15 is 0 Å². The van der Waals surface area contributed by atoms with Crippen molar-refractivity contribution >= 4 is 5.91 Å². The van der Waals surface area contributed by atoms with E-state index in [2.05, 4.69) is 5.32 Å². The van der Waals surface area contributed by atoms with Crippen LogP contribution >= 0.6 is 0 Å². The van der Waals surface area contributed by atoms with Crippen LogP contribution in [0.25, 0.3) is 0 Å². The minimum Gasteiger partial charge on any atom is -0.497 e. The van der Waals surface area contributed by atoms with Crippen molar-refractivity contribution in [1.29, 1.82) is 0 Å². The van der Waals surface area contributed by atoms with Crippen molar-refractivity contribution in [3.8, 4) is 5.75 Å². The molecular formula is C15H22N2O2. The Labute approximate surface area is 114 Å². The van der Waals surface area contributed by atoms with Crippen molar-refractivity contribution in [3.05, 3.63) is 29.8 Å². The lowest BCUT2D eigenvalue weighted by atomic mass is 10.1. The third kappa shape index (κ3) is 4.24. The summed E-state index contributed by atoms with van der Waals surface area (Å²) in [5.74, 6) is 1.04. The van der Waals surface area contributed by atoms with E-state index in [1.54, 1.807) is 7.11 Å². The molecule has 0 bridgehead atoms. The quantitative estimate of drug-likeness (QED) is 0.896. The molecule has 1 heterocycles. The fraction of sp³-hybridized carbons (Fsp3) is 0.533. The number of amides is 1. The molecule has 0 unspecified atom stereocenters. The summed E-state index contributed by atoms with van der Waals surface area (Å²) in [6.45, 7) is 3.67. The number of nitrogens with one attached hydrogen (secondary N) is 1. The molecule has 104 valence electrons. The van der Waals surface area contributed by atoms with Crippen LogP contribution in [0.1, 0.15) is 18.4 Å². The average Bonchev–Trinajstić information content (AvgIpc) is 2.39. The lowest BCUT2D eigenvalue weighted by Crippen LogP contribution is -2.40. The summed E-state index contributed by atoms with van der Waals surface area (Å²) in [5.41, 5.74) is 1.04. The molecule has 1 saturated heterocycles. The van der Waals surface area contributed by atoms with Crippen LogP contribution in [0, 0.1) is 0 Å². The predicted molar refractivity (Wildman–Crippen MR) is 75.4 cm³/mol. The Hall–Kier alpha value is -1.55. The molecule has 1 amide bonds. The number of carbonyl (C=O) groups excluding carboxylic acids is 1. The maximum atomic E-state index is 12.3. The lowest BCUT2D eigenvalue weighted by Gasteiger charge is -2.25. The maximum Gasteiger partial charge on any atom is 0.227 e. The first kappa shape index (κ1) is 13.9. The number of carbonyl (C=O) groups is 1. The molecule has 4 nitrogen and oxygen atoms in total. The molecule has 4 heteroatoms. The first-order valence-electron chi connectivity index (χ1n) is 6.91. The second-order valence-electron chi connectivity index (χ2n) is 4.86. The van der Waals surface area contributed by atoms with E-state index < -0.39 is 0 Å². The summed E-state index contributed by atoms with van der Waals surface area (Å²) in [6, 6.07) is 7.72. The van der Waals surface area contributed by atoms with Crippen LogP contribution in [-0.2, 0) is 11.2 Å². The van der Waals surface area contributed by atoms with Gasteiger partial charge in [0.2, 0.25) is 5.91 Å². The van der Waals surface area contributed by atoms with Gasteiger partial charge in [-0.25, -0.2) is 0 Å². The smallest absolute Gasteiger partial charge is 0.227 e. The van der Waals surface area contributed by atoms with Crippen molar-refractivity contribution in [2.45, 2.75) is 19.3 Å². The van der Waals surface area contributed by atoms with E-state index in [1.165, 1.54) is 0 Å². The second kappa shape index (κ2) is 7.14. The summed E-state index contributed by atoms with van der Waals surface area (Å²) < 4.78 is 5.12. The van der Waals surface area contributed by atoms with E-state index in [-0.39, 0.29) is 5.91 Å². The molecule has 2 rings (SSSR count). The minimum absolute atomic E-state index is 0.217. The van der Waals surface area contributed by atoms with Crippen molar-refractivity contribution in [1.82, 2.24) is 10.2 Å². The van der Waals surface area contributed by atoms with Gasteiger partial charge in [-0.05, 0) is 37.1 Å². The Morgan fingerprint density at radius 3 is 2.74 bits per heavy atom. The van der Waals surface area contributed by atoms with E-state index in [0.717, 1.165) is 50.3 Å². The Bertz CT molecular complexity index is 395. The summed E-state index contributed by atoms with van der Waals surface area (Å²) >= 11 is 0. The van der Waals surface area contributed by atoms with Gasteiger partial charge in [0, 0.05) is 19.6 Å². The zero-order valence-electron chi connectivity index (χ0n) is 11.5. The summed E-state index contributed by atoms with van der Waals surface area (Å²) in [5, 5.41) is 3.34. The molecule has 0 radical (unpaired) electrons. The number of methoxy groups -OCH3 is 1. The molecule has 0 atom stereocenters. The first-order chi connectivity index (χ1) is 9.29. The van der Waals surface area contributed by atoms with E-state index in [1.807, 2.05) is 29.2 Å². The summed E-state index contributed by atoms with van der Waals surface area (Å²) in [7, 11) is 1.65. The molecule has 1 aromatic carbocycles. The number of hydrogen-bond donors (Lipinski definition) is 1. The van der Waals surface area contributed by atoms with Gasteiger partial charge in [-0.2, -0.15) is 0 Å². The van der Waals surface area contributed by atoms with Crippen LogP contribution in [0.2, 0.25) is 0 Å². The zero-order chi connectivity index (χ0) is 13.5. The van der Waals surface area contributed by atoms with Crippen molar-refractivity contribution in [3.63, 3.8) is 0 Å². The average molecular weight is 262 g/mol. The molecule has 0 saturated carbocycles. The van der Waals surface area contributed by atoms with Crippen LogP contribution in [0.4, 0.5) is 0 Å². The fourth-order valence-electron chi connectivity index (χ4n) is 2.28. The van der Waals surface area contributed by atoms with Crippen LogP contribution in [0.5, 0.6) is 5.75 Å². The predicted octanol–water partition coefficient (Wildman–Crippen LogP) is 1.45. The topological polar surface area (TPSA) is 41.6 Å². The van der Waals surface area contributed by atoms with Gasteiger partial charge < -0.3 is 15.0 Å². The number of nitrogens with zero attached hydrogens (tertiary/aromatic N) is 1. The van der Waals surface area contributed by atoms with E-state index in [4.69, 9.17) is 4.74 Å². The highest BCUT2D eigenvalue weighted by molar-refractivity contribution is 5.78. The zero-order valence-corrected chi connectivity index (χ0v) is 11.5. The normalized spacial score (nSPS) is 16.6. The van der Waals surface area contributed by atoms with Crippen LogP contribution < -0.4 is 10.1 Å². The monoisotopic (exact) mass is 262 g/mol. The van der Waals surface area contributed by atoms with Gasteiger partial charge in [0.15, 0.2) is 0 Å². The molecule has 19 heavy (non-hydrogen) atoms. The van der Waals surface area contributed by atoms with Crippen molar-refractivity contribution in [2.24, 2.45) is 0 Å². The van der Waals surface area contributed by atoms with Gasteiger partial charge >= 0.3 is 0 Å². The molecule has 1 aliphatic rings. The number of ether oxygens (including phenoxy) is 1. The van der Waals surface area contributed by atoms with Crippen LogP contribution in [-0.4, -0.2) is 44.1 Å². The van der Waals surface area contributed by atoms with E-state index in [9.17, 15) is 4.79 Å². The Balaban J connectivity index is 1.90. The first-order valence-corrected chi connectivity index (χ1v) is 6.91. The van der Waals surface area contributed by atoms with Crippen molar-refractivity contribution < 1.29 is 9.53 Å². The van der Waals surface area contributed by atoms with E-state index in [0.29, 0.717) is 6.42 Å². The van der Waals surface area contributed by atoms with Gasteiger partial charge in [0.05, 0.1) is 13.5 Å². The Kier molecular flexibility index (Phi) is 5.21. The fourth-order valence-corrected chi connectivity index (χ4v) is 2.28. The Morgan fingerprint density at radius 1 is 1.21 bits per heavy atom. The number of benzene rings is 1. The highest BCUT2D eigenvalue weighted by Crippen LogP contribution is 2.12. The molecular weight excluding hydrogens is 240 g/mol.